The van der Waals surface area contributed by atoms with E-state index in [0.717, 1.165) is 19.7 Å². The molecule has 0 saturated carbocycles. The van der Waals surface area contributed by atoms with E-state index in [0.29, 0.717) is 0 Å². The van der Waals surface area contributed by atoms with Crippen molar-refractivity contribution in [2.24, 2.45) is 0 Å². The van der Waals surface area contributed by atoms with Gasteiger partial charge in [-0.3, -0.25) is 0 Å². The fourth-order valence-electron chi connectivity index (χ4n) is 2.28. The number of hydrogen-bond acceptors (Lipinski definition) is 8. The van der Waals surface area contributed by atoms with E-state index in [9.17, 15) is 0 Å². The van der Waals surface area contributed by atoms with Crippen LogP contribution in [0.25, 0.3) is 20.4 Å². The lowest BCUT2D eigenvalue weighted by molar-refractivity contribution is 1.27. The molecule has 8 heteroatoms. The summed E-state index contributed by atoms with van der Waals surface area (Å²) in [5.74, 6) is 0. The lowest BCUT2D eigenvalue weighted by atomic mass is 10.3. The quantitative estimate of drug-likeness (QED) is 0.249. The first kappa shape index (κ1) is 17.1. The smallest absolute Gasteiger partial charge is 0.162 e. The SMILES string of the molecule is CSc1cccc2sc(SSc3nc4c(SC)cccc4s3)nc12. The summed E-state index contributed by atoms with van der Waals surface area (Å²) in [6.07, 6.45) is 4.19. The minimum Gasteiger partial charge on any atom is -0.228 e. The number of fused-ring (bicyclic) bond motifs is 2. The van der Waals surface area contributed by atoms with Gasteiger partial charge >= 0.3 is 0 Å². The lowest BCUT2D eigenvalue weighted by Gasteiger charge is -1.95. The Bertz CT molecular complexity index is 924. The molecule has 2 aromatic heterocycles. The first-order valence-corrected chi connectivity index (χ1v) is 13.2. The topological polar surface area (TPSA) is 25.8 Å². The molecule has 0 aliphatic rings. The first-order valence-electron chi connectivity index (χ1n) is 7.00. The van der Waals surface area contributed by atoms with Gasteiger partial charge in [-0.05, 0) is 58.4 Å². The number of nitrogens with zero attached hydrogens (tertiary/aromatic N) is 2. The van der Waals surface area contributed by atoms with Crippen molar-refractivity contribution < 1.29 is 0 Å². The van der Waals surface area contributed by atoms with Crippen LogP contribution in [0.1, 0.15) is 0 Å². The molecule has 0 N–H and O–H groups in total. The summed E-state index contributed by atoms with van der Waals surface area (Å²) in [6.45, 7) is 0. The van der Waals surface area contributed by atoms with E-state index < -0.39 is 0 Å². The molecule has 4 rings (SSSR count). The highest BCUT2D eigenvalue weighted by molar-refractivity contribution is 8.77. The van der Waals surface area contributed by atoms with Crippen molar-refractivity contribution in [2.45, 2.75) is 18.5 Å². The second-order valence-corrected chi connectivity index (χ2v) is 11.1. The van der Waals surface area contributed by atoms with Crippen molar-refractivity contribution in [3.8, 4) is 0 Å². The average molecular weight is 425 g/mol. The predicted octanol–water partition coefficient (Wildman–Crippen LogP) is 7.15. The van der Waals surface area contributed by atoms with E-state index in [1.165, 1.54) is 19.2 Å². The van der Waals surface area contributed by atoms with Gasteiger partial charge in [0.05, 0.1) is 20.4 Å². The molecule has 0 radical (unpaired) electrons. The van der Waals surface area contributed by atoms with Gasteiger partial charge in [0.25, 0.3) is 0 Å². The Balaban J connectivity index is 1.59. The van der Waals surface area contributed by atoms with Gasteiger partial charge in [-0.15, -0.1) is 46.2 Å². The van der Waals surface area contributed by atoms with Crippen LogP contribution in [0.15, 0.2) is 54.9 Å². The van der Waals surface area contributed by atoms with E-state index in [1.807, 2.05) is 0 Å². The van der Waals surface area contributed by atoms with Gasteiger partial charge < -0.3 is 0 Å². The van der Waals surface area contributed by atoms with Crippen LogP contribution in [-0.2, 0) is 0 Å². The van der Waals surface area contributed by atoms with Crippen LogP contribution in [0.4, 0.5) is 0 Å². The summed E-state index contributed by atoms with van der Waals surface area (Å²) in [5.41, 5.74) is 2.24. The monoisotopic (exact) mass is 424 g/mol. The van der Waals surface area contributed by atoms with E-state index in [2.05, 4.69) is 48.9 Å². The first-order chi connectivity index (χ1) is 11.8. The van der Waals surface area contributed by atoms with Crippen LogP contribution in [-0.4, -0.2) is 22.5 Å². The predicted molar refractivity (Wildman–Crippen MR) is 115 cm³/mol. The lowest BCUT2D eigenvalue weighted by Crippen LogP contribution is -1.74. The van der Waals surface area contributed by atoms with Crippen LogP contribution in [0.2, 0.25) is 0 Å². The number of rotatable bonds is 5. The highest BCUT2D eigenvalue weighted by Crippen LogP contribution is 2.45. The molecule has 122 valence electrons. The molecule has 0 amide bonds. The Morgan fingerprint density at radius 1 is 0.708 bits per heavy atom. The summed E-state index contributed by atoms with van der Waals surface area (Å²) < 4.78 is 4.67. The van der Waals surface area contributed by atoms with Crippen molar-refractivity contribution in [3.63, 3.8) is 0 Å². The zero-order valence-corrected chi connectivity index (χ0v) is 17.7. The zero-order chi connectivity index (χ0) is 16.5. The van der Waals surface area contributed by atoms with Gasteiger partial charge in [0.15, 0.2) is 8.68 Å². The van der Waals surface area contributed by atoms with Gasteiger partial charge in [-0.25, -0.2) is 9.97 Å². The van der Waals surface area contributed by atoms with Gasteiger partial charge in [0.2, 0.25) is 0 Å². The van der Waals surface area contributed by atoms with Gasteiger partial charge in [-0.2, -0.15) is 0 Å². The molecule has 0 unspecified atom stereocenters. The Morgan fingerprint density at radius 2 is 1.17 bits per heavy atom. The third kappa shape index (κ3) is 3.32. The number of hydrogen-bond donors (Lipinski definition) is 0. The Hall–Kier alpha value is -0.380. The van der Waals surface area contributed by atoms with Crippen LogP contribution < -0.4 is 0 Å². The maximum atomic E-state index is 4.80. The molecule has 24 heavy (non-hydrogen) atoms. The summed E-state index contributed by atoms with van der Waals surface area (Å²) in [7, 11) is 3.41. The molecule has 2 nitrogen and oxygen atoms in total. The molecule has 4 aromatic rings. The second kappa shape index (κ2) is 7.47. The molecule has 0 bridgehead atoms. The molecule has 0 aliphatic heterocycles. The number of aromatic nitrogens is 2. The number of thiazole rings is 2. The molecule has 0 spiro atoms. The minimum atomic E-state index is 1.08. The number of benzene rings is 2. The molecule has 2 aromatic carbocycles. The van der Waals surface area contributed by atoms with Crippen LogP contribution in [0.3, 0.4) is 0 Å². The molecular formula is C16H12N2S6. The zero-order valence-electron chi connectivity index (χ0n) is 12.8. The fraction of sp³-hybridized carbons (Fsp3) is 0.125. The molecule has 0 saturated heterocycles. The number of para-hydroxylation sites is 2. The second-order valence-electron chi connectivity index (χ2n) is 4.74. The normalized spacial score (nSPS) is 11.6. The van der Waals surface area contributed by atoms with Gasteiger partial charge in [-0.1, -0.05) is 12.1 Å². The van der Waals surface area contributed by atoms with Crippen LogP contribution in [0, 0.1) is 0 Å². The van der Waals surface area contributed by atoms with Crippen LogP contribution >= 0.6 is 67.8 Å². The Morgan fingerprint density at radius 3 is 1.58 bits per heavy atom. The molecule has 2 heterocycles. The fourth-order valence-corrected chi connectivity index (χ4v) is 8.07. The minimum absolute atomic E-state index is 1.08. The van der Waals surface area contributed by atoms with Crippen molar-refractivity contribution in [3.05, 3.63) is 36.4 Å². The Labute approximate surface area is 164 Å². The highest BCUT2D eigenvalue weighted by atomic mass is 33.1. The van der Waals surface area contributed by atoms with Crippen molar-refractivity contribution in [2.75, 3.05) is 12.5 Å². The summed E-state index contributed by atoms with van der Waals surface area (Å²) >= 11 is 7.00. The van der Waals surface area contributed by atoms with Crippen molar-refractivity contribution >= 4 is 88.2 Å². The molecular weight excluding hydrogens is 413 g/mol. The summed E-state index contributed by atoms with van der Waals surface area (Å²) in [6, 6.07) is 12.8. The highest BCUT2D eigenvalue weighted by Gasteiger charge is 2.12. The largest absolute Gasteiger partial charge is 0.228 e. The average Bonchev–Trinajstić information content (AvgIpc) is 3.22. The van der Waals surface area contributed by atoms with E-state index in [4.69, 9.17) is 9.97 Å². The van der Waals surface area contributed by atoms with Crippen molar-refractivity contribution in [1.82, 2.24) is 9.97 Å². The van der Waals surface area contributed by atoms with Gasteiger partial charge in [0, 0.05) is 9.79 Å². The maximum Gasteiger partial charge on any atom is 0.162 e. The van der Waals surface area contributed by atoms with Crippen LogP contribution in [0.5, 0.6) is 0 Å². The Kier molecular flexibility index (Phi) is 5.31. The molecule has 0 atom stereocenters. The summed E-state index contributed by atoms with van der Waals surface area (Å²) in [4.78, 5) is 12.1. The third-order valence-electron chi connectivity index (χ3n) is 3.35. The van der Waals surface area contributed by atoms with Gasteiger partial charge in [0.1, 0.15) is 0 Å². The molecule has 0 fully saturated rings. The summed E-state index contributed by atoms with van der Waals surface area (Å²) in [5, 5.41) is 0. The maximum absolute atomic E-state index is 4.80. The van der Waals surface area contributed by atoms with E-state index in [-0.39, 0.29) is 0 Å². The van der Waals surface area contributed by atoms with Crippen molar-refractivity contribution in [1.29, 1.82) is 0 Å². The van der Waals surface area contributed by atoms with E-state index >= 15 is 0 Å². The van der Waals surface area contributed by atoms with E-state index in [1.54, 1.807) is 67.8 Å². The standard InChI is InChI=1S/C16H12N2S6/c1-19-9-5-3-7-11-13(9)17-15(21-11)23-24-16-18-14-10(20-2)6-4-8-12(14)22-16/h3-8H,1-2H3. The third-order valence-corrected chi connectivity index (χ3v) is 9.90. The molecule has 0 aliphatic carbocycles. The number of thioether (sulfide) groups is 2.